The van der Waals surface area contributed by atoms with Gasteiger partial charge in [-0.15, -0.1) is 0 Å². The highest BCUT2D eigenvalue weighted by molar-refractivity contribution is 5.94. The molecule has 1 atom stereocenters. The van der Waals surface area contributed by atoms with Crippen LogP contribution in [-0.2, 0) is 4.79 Å². The number of halogens is 1. The summed E-state index contributed by atoms with van der Waals surface area (Å²) in [6.07, 6.45) is -0.0848. The van der Waals surface area contributed by atoms with E-state index in [1.807, 2.05) is 38.1 Å². The molecule has 7 heteroatoms. The van der Waals surface area contributed by atoms with Gasteiger partial charge in [0.25, 0.3) is 0 Å². The fourth-order valence-electron chi connectivity index (χ4n) is 2.33. The van der Waals surface area contributed by atoms with Crippen molar-refractivity contribution in [2.45, 2.75) is 20.0 Å². The van der Waals surface area contributed by atoms with Crippen molar-refractivity contribution >= 4 is 17.6 Å². The number of aliphatic imine (C=N–C) groups is 1. The number of carbonyl (C=O) groups is 1. The Bertz CT molecular complexity index is 778. The van der Waals surface area contributed by atoms with Gasteiger partial charge < -0.3 is 20.7 Å². The number of hydrogen-bond donors (Lipinski definition) is 3. The molecule has 2 aromatic carbocycles. The number of nitrogens with one attached hydrogen (secondary N) is 3. The molecule has 0 saturated heterocycles. The molecule has 0 aliphatic rings. The van der Waals surface area contributed by atoms with Crippen LogP contribution in [0.5, 0.6) is 5.75 Å². The first-order valence-corrected chi connectivity index (χ1v) is 8.69. The van der Waals surface area contributed by atoms with Gasteiger partial charge in [0, 0.05) is 12.7 Å². The SMILES string of the molecule is CN=C(NCC(=O)Nc1ccc(F)cc1)NCC(C)Oc1cccc(C)c1. The predicted octanol–water partition coefficient (Wildman–Crippen LogP) is 2.71. The Kier molecular flexibility index (Phi) is 7.61. The molecule has 0 aliphatic heterocycles. The van der Waals surface area contributed by atoms with E-state index >= 15 is 0 Å². The topological polar surface area (TPSA) is 74.8 Å². The Morgan fingerprint density at radius 3 is 2.59 bits per heavy atom. The summed E-state index contributed by atoms with van der Waals surface area (Å²) in [5.41, 5.74) is 1.67. The van der Waals surface area contributed by atoms with Crippen LogP contribution in [-0.4, -0.2) is 38.1 Å². The third-order valence-corrected chi connectivity index (χ3v) is 3.65. The highest BCUT2D eigenvalue weighted by atomic mass is 19.1. The molecule has 0 radical (unpaired) electrons. The van der Waals surface area contributed by atoms with Crippen LogP contribution in [0.1, 0.15) is 12.5 Å². The minimum Gasteiger partial charge on any atom is -0.489 e. The van der Waals surface area contributed by atoms with Crippen LogP contribution in [0.25, 0.3) is 0 Å². The number of carbonyl (C=O) groups excluding carboxylic acids is 1. The molecular weight excluding hydrogens is 347 g/mol. The minimum absolute atomic E-state index is 0.0319. The average Bonchev–Trinajstić information content (AvgIpc) is 2.64. The zero-order valence-corrected chi connectivity index (χ0v) is 15.8. The number of anilines is 1. The maximum Gasteiger partial charge on any atom is 0.243 e. The Labute approximate surface area is 158 Å². The normalized spacial score (nSPS) is 12.2. The van der Waals surface area contributed by atoms with Gasteiger partial charge in [-0.2, -0.15) is 0 Å². The maximum atomic E-state index is 12.9. The van der Waals surface area contributed by atoms with Crippen LogP contribution in [0, 0.1) is 12.7 Å². The lowest BCUT2D eigenvalue weighted by Crippen LogP contribution is -2.44. The van der Waals surface area contributed by atoms with Crippen LogP contribution < -0.4 is 20.7 Å². The van der Waals surface area contributed by atoms with E-state index in [9.17, 15) is 9.18 Å². The van der Waals surface area contributed by atoms with Gasteiger partial charge in [-0.3, -0.25) is 9.79 Å². The molecule has 0 aliphatic carbocycles. The minimum atomic E-state index is -0.349. The first-order valence-electron chi connectivity index (χ1n) is 8.69. The van der Waals surface area contributed by atoms with E-state index < -0.39 is 0 Å². The van der Waals surface area contributed by atoms with E-state index in [-0.39, 0.29) is 24.4 Å². The average molecular weight is 372 g/mol. The summed E-state index contributed by atoms with van der Waals surface area (Å²) in [5, 5.41) is 8.72. The van der Waals surface area contributed by atoms with E-state index in [1.54, 1.807) is 7.05 Å². The van der Waals surface area contributed by atoms with Gasteiger partial charge in [-0.25, -0.2) is 4.39 Å². The van der Waals surface area contributed by atoms with E-state index in [4.69, 9.17) is 4.74 Å². The molecule has 1 unspecified atom stereocenters. The molecule has 0 spiro atoms. The number of hydrogen-bond acceptors (Lipinski definition) is 3. The molecule has 144 valence electrons. The monoisotopic (exact) mass is 372 g/mol. The second-order valence-electron chi connectivity index (χ2n) is 6.11. The van der Waals surface area contributed by atoms with Crippen molar-refractivity contribution in [1.29, 1.82) is 0 Å². The predicted molar refractivity (Wildman–Crippen MR) is 106 cm³/mol. The summed E-state index contributed by atoms with van der Waals surface area (Å²) < 4.78 is 18.7. The van der Waals surface area contributed by atoms with E-state index in [0.717, 1.165) is 11.3 Å². The van der Waals surface area contributed by atoms with Gasteiger partial charge in [0.2, 0.25) is 5.91 Å². The largest absolute Gasteiger partial charge is 0.489 e. The van der Waals surface area contributed by atoms with E-state index in [2.05, 4.69) is 20.9 Å². The number of nitrogens with zero attached hydrogens (tertiary/aromatic N) is 1. The van der Waals surface area contributed by atoms with Crippen molar-refractivity contribution < 1.29 is 13.9 Å². The van der Waals surface area contributed by atoms with Crippen molar-refractivity contribution in [2.75, 3.05) is 25.5 Å². The fraction of sp³-hybridized carbons (Fsp3) is 0.300. The van der Waals surface area contributed by atoms with Crippen molar-refractivity contribution in [2.24, 2.45) is 4.99 Å². The molecule has 2 rings (SSSR count). The molecule has 27 heavy (non-hydrogen) atoms. The second-order valence-corrected chi connectivity index (χ2v) is 6.11. The zero-order valence-electron chi connectivity index (χ0n) is 15.8. The molecule has 3 N–H and O–H groups in total. The lowest BCUT2D eigenvalue weighted by molar-refractivity contribution is -0.115. The molecular formula is C20H25FN4O2. The maximum absolute atomic E-state index is 12.9. The van der Waals surface area contributed by atoms with Gasteiger partial charge >= 0.3 is 0 Å². The molecule has 0 saturated carbocycles. The number of rotatable bonds is 7. The van der Waals surface area contributed by atoms with Crippen LogP contribution in [0.15, 0.2) is 53.5 Å². The Hall–Kier alpha value is -3.09. The van der Waals surface area contributed by atoms with Crippen molar-refractivity contribution in [3.8, 4) is 5.75 Å². The second kappa shape index (κ2) is 10.2. The van der Waals surface area contributed by atoms with Gasteiger partial charge in [0.05, 0.1) is 13.1 Å². The van der Waals surface area contributed by atoms with Crippen LogP contribution in [0.2, 0.25) is 0 Å². The molecule has 0 heterocycles. The van der Waals surface area contributed by atoms with Crippen molar-refractivity contribution in [3.63, 3.8) is 0 Å². The summed E-state index contributed by atoms with van der Waals surface area (Å²) in [4.78, 5) is 16.0. The molecule has 0 bridgehead atoms. The van der Waals surface area contributed by atoms with Crippen LogP contribution >= 0.6 is 0 Å². The lowest BCUT2D eigenvalue weighted by Gasteiger charge is -2.18. The Morgan fingerprint density at radius 1 is 1.19 bits per heavy atom. The third kappa shape index (κ3) is 7.35. The Balaban J connectivity index is 1.73. The van der Waals surface area contributed by atoms with E-state index in [1.165, 1.54) is 24.3 Å². The first-order chi connectivity index (χ1) is 13.0. The highest BCUT2D eigenvalue weighted by Gasteiger charge is 2.08. The first kappa shape index (κ1) is 20.2. The summed E-state index contributed by atoms with van der Waals surface area (Å²) >= 11 is 0. The summed E-state index contributed by atoms with van der Waals surface area (Å²) in [5.74, 6) is 0.696. The highest BCUT2D eigenvalue weighted by Crippen LogP contribution is 2.13. The van der Waals surface area contributed by atoms with Gasteiger partial charge in [-0.05, 0) is 55.8 Å². The standard InChI is InChI=1S/C20H25FN4O2/c1-14-5-4-6-18(11-14)27-15(2)12-23-20(22-3)24-13-19(26)25-17-9-7-16(21)8-10-17/h4-11,15H,12-13H2,1-3H3,(H,25,26)(H2,22,23,24). The summed E-state index contributed by atoms with van der Waals surface area (Å²) in [7, 11) is 1.62. The quantitative estimate of drug-likeness (QED) is 0.516. The van der Waals surface area contributed by atoms with Gasteiger partial charge in [0.15, 0.2) is 5.96 Å². The number of benzene rings is 2. The third-order valence-electron chi connectivity index (χ3n) is 3.65. The number of aryl methyl sites for hydroxylation is 1. The van der Waals surface area contributed by atoms with E-state index in [0.29, 0.717) is 18.2 Å². The van der Waals surface area contributed by atoms with Gasteiger partial charge in [-0.1, -0.05) is 12.1 Å². The lowest BCUT2D eigenvalue weighted by atomic mass is 10.2. The molecule has 6 nitrogen and oxygen atoms in total. The molecule has 1 amide bonds. The summed E-state index contributed by atoms with van der Waals surface area (Å²) in [6, 6.07) is 13.4. The summed E-state index contributed by atoms with van der Waals surface area (Å²) in [6.45, 7) is 4.51. The Morgan fingerprint density at radius 2 is 1.93 bits per heavy atom. The van der Waals surface area contributed by atoms with Crippen LogP contribution in [0.4, 0.5) is 10.1 Å². The van der Waals surface area contributed by atoms with Crippen molar-refractivity contribution in [1.82, 2.24) is 10.6 Å². The van der Waals surface area contributed by atoms with Crippen LogP contribution in [0.3, 0.4) is 0 Å². The molecule has 2 aromatic rings. The zero-order chi connectivity index (χ0) is 19.6. The number of ether oxygens (including phenoxy) is 1. The van der Waals surface area contributed by atoms with Gasteiger partial charge in [0.1, 0.15) is 17.7 Å². The molecule has 0 fully saturated rings. The number of amides is 1. The fourth-order valence-corrected chi connectivity index (χ4v) is 2.33. The number of guanidine groups is 1. The molecule has 0 aromatic heterocycles. The van der Waals surface area contributed by atoms with Crippen molar-refractivity contribution in [3.05, 3.63) is 59.9 Å². The smallest absolute Gasteiger partial charge is 0.243 e.